The molecule has 2 aromatic heterocycles. The highest BCUT2D eigenvalue weighted by Crippen LogP contribution is 2.19. The van der Waals surface area contributed by atoms with E-state index in [4.69, 9.17) is 0 Å². The van der Waals surface area contributed by atoms with Crippen molar-refractivity contribution in [3.8, 4) is 0 Å². The summed E-state index contributed by atoms with van der Waals surface area (Å²) in [5.74, 6) is 0. The molecule has 3 aromatic rings. The third-order valence-electron chi connectivity index (χ3n) is 3.01. The van der Waals surface area contributed by atoms with Gasteiger partial charge in [0.25, 0.3) is 0 Å². The van der Waals surface area contributed by atoms with Crippen LogP contribution in [0.2, 0.25) is 0 Å². The van der Waals surface area contributed by atoms with Gasteiger partial charge in [-0.05, 0) is 23.3 Å². The molecular weight excluding hydrogens is 246 g/mol. The Morgan fingerprint density at radius 3 is 3.06 bits per heavy atom. The minimum Gasteiger partial charge on any atom is -0.361 e. The van der Waals surface area contributed by atoms with Crippen LogP contribution in [-0.4, -0.2) is 33.4 Å². The van der Waals surface area contributed by atoms with E-state index in [1.54, 1.807) is 0 Å². The minimum atomic E-state index is 0.856. The van der Waals surface area contributed by atoms with Crippen LogP contribution in [0.5, 0.6) is 0 Å². The van der Waals surface area contributed by atoms with Gasteiger partial charge >= 0.3 is 0 Å². The first-order chi connectivity index (χ1) is 8.84. The predicted molar refractivity (Wildman–Crippen MR) is 73.0 cm³/mol. The molecule has 2 heterocycles. The Kier molecular flexibility index (Phi) is 2.93. The van der Waals surface area contributed by atoms with Crippen LogP contribution in [0.4, 0.5) is 5.13 Å². The van der Waals surface area contributed by atoms with Gasteiger partial charge in [0, 0.05) is 42.2 Å². The number of hydrogen-bond acceptors (Lipinski definition) is 5. The molecule has 92 valence electrons. The molecule has 0 aliphatic rings. The summed E-state index contributed by atoms with van der Waals surface area (Å²) in [7, 11) is 2.01. The van der Waals surface area contributed by atoms with Crippen molar-refractivity contribution in [2.75, 3.05) is 18.5 Å². The molecule has 18 heavy (non-hydrogen) atoms. The smallest absolute Gasteiger partial charge is 0.227 e. The highest BCUT2D eigenvalue weighted by molar-refractivity contribution is 7.09. The second kappa shape index (κ2) is 4.73. The summed E-state index contributed by atoms with van der Waals surface area (Å²) in [6.45, 7) is 0.902. The van der Waals surface area contributed by atoms with Crippen LogP contribution in [0.3, 0.4) is 0 Å². The fourth-order valence-corrected chi connectivity index (χ4v) is 2.45. The molecule has 0 radical (unpaired) electrons. The quantitative estimate of drug-likeness (QED) is 0.779. The average molecular weight is 259 g/mol. The number of fused-ring (bicyclic) bond motifs is 1. The number of anilines is 1. The maximum atomic E-state index is 3.95. The van der Waals surface area contributed by atoms with Gasteiger partial charge in [-0.1, -0.05) is 27.8 Å². The molecule has 0 fully saturated rings. The number of rotatable bonds is 4. The maximum absolute atomic E-state index is 3.95. The van der Waals surface area contributed by atoms with Crippen molar-refractivity contribution >= 4 is 27.6 Å². The highest BCUT2D eigenvalue weighted by Gasteiger charge is 2.07. The Bertz CT molecular complexity index is 631. The molecule has 3 rings (SSSR count). The second-order valence-electron chi connectivity index (χ2n) is 4.18. The monoisotopic (exact) mass is 259 g/mol. The van der Waals surface area contributed by atoms with Crippen LogP contribution in [-0.2, 0) is 6.42 Å². The van der Waals surface area contributed by atoms with Gasteiger partial charge in [-0.15, -0.1) is 0 Å². The van der Waals surface area contributed by atoms with Crippen molar-refractivity contribution in [1.82, 2.24) is 19.8 Å². The largest absolute Gasteiger partial charge is 0.361 e. The fourth-order valence-electron chi connectivity index (χ4n) is 2.00. The van der Waals surface area contributed by atoms with E-state index in [-0.39, 0.29) is 0 Å². The maximum Gasteiger partial charge on any atom is 0.227 e. The van der Waals surface area contributed by atoms with Crippen LogP contribution >= 0.6 is 11.5 Å². The van der Waals surface area contributed by atoms with E-state index in [0.29, 0.717) is 0 Å². The zero-order valence-electron chi connectivity index (χ0n) is 10.00. The van der Waals surface area contributed by atoms with Crippen LogP contribution in [0.15, 0.2) is 30.5 Å². The van der Waals surface area contributed by atoms with Gasteiger partial charge in [0.1, 0.15) is 0 Å². The molecule has 6 heteroatoms. The van der Waals surface area contributed by atoms with Crippen molar-refractivity contribution in [2.24, 2.45) is 0 Å². The van der Waals surface area contributed by atoms with E-state index in [0.717, 1.165) is 18.1 Å². The molecule has 0 saturated carbocycles. The average Bonchev–Trinajstić information content (AvgIpc) is 3.06. The number of nitrogens with one attached hydrogen (secondary N) is 1. The molecule has 0 aliphatic carbocycles. The molecule has 1 N–H and O–H groups in total. The molecule has 0 saturated heterocycles. The summed E-state index contributed by atoms with van der Waals surface area (Å²) in [5.41, 5.74) is 2.52. The molecule has 0 amide bonds. The number of H-pyrrole nitrogens is 1. The number of aromatic amines is 1. The second-order valence-corrected chi connectivity index (χ2v) is 4.89. The number of nitrogens with zero attached hydrogens (tertiary/aromatic N) is 4. The predicted octanol–water partition coefficient (Wildman–Crippen LogP) is 2.09. The lowest BCUT2D eigenvalue weighted by Crippen LogP contribution is -2.19. The Labute approximate surface area is 109 Å². The van der Waals surface area contributed by atoms with Gasteiger partial charge in [-0.2, -0.15) is 0 Å². The van der Waals surface area contributed by atoms with Crippen LogP contribution in [0, 0.1) is 0 Å². The zero-order valence-corrected chi connectivity index (χ0v) is 10.8. The number of benzene rings is 1. The van der Waals surface area contributed by atoms with Gasteiger partial charge in [0.05, 0.1) is 0 Å². The first kappa shape index (κ1) is 11.2. The summed E-state index contributed by atoms with van der Waals surface area (Å²) in [5, 5.41) is 9.71. The Balaban J connectivity index is 1.73. The van der Waals surface area contributed by atoms with E-state index < -0.39 is 0 Å². The molecule has 0 aliphatic heterocycles. The molecule has 0 unspecified atom stereocenters. The number of para-hydroxylation sites is 1. The third kappa shape index (κ3) is 2.06. The minimum absolute atomic E-state index is 0.856. The standard InChI is InChI=1S/C12H13N5S/c1-17(12-14-15-16-18-12)7-6-9-8-13-11-5-3-2-4-10(9)11/h2-5,8,13H,6-7H2,1H3. The summed E-state index contributed by atoms with van der Waals surface area (Å²) >= 11 is 1.32. The van der Waals surface area contributed by atoms with E-state index in [1.165, 1.54) is 28.0 Å². The van der Waals surface area contributed by atoms with Crippen molar-refractivity contribution in [3.63, 3.8) is 0 Å². The van der Waals surface area contributed by atoms with Crippen molar-refractivity contribution in [3.05, 3.63) is 36.0 Å². The Morgan fingerprint density at radius 2 is 2.22 bits per heavy atom. The summed E-state index contributed by atoms with van der Waals surface area (Å²) in [6.07, 6.45) is 3.05. The number of likely N-dealkylation sites (N-methyl/N-ethyl adjacent to an activating group) is 1. The van der Waals surface area contributed by atoms with E-state index in [9.17, 15) is 0 Å². The van der Waals surface area contributed by atoms with Gasteiger partial charge < -0.3 is 9.88 Å². The molecule has 1 aromatic carbocycles. The van der Waals surface area contributed by atoms with E-state index in [1.807, 2.05) is 13.1 Å². The van der Waals surface area contributed by atoms with Gasteiger partial charge in [-0.3, -0.25) is 0 Å². The third-order valence-corrected chi connectivity index (χ3v) is 3.72. The van der Waals surface area contributed by atoms with Crippen molar-refractivity contribution < 1.29 is 0 Å². The normalized spacial score (nSPS) is 10.9. The summed E-state index contributed by atoms with van der Waals surface area (Å²) in [4.78, 5) is 5.37. The molecule has 5 nitrogen and oxygen atoms in total. The zero-order chi connectivity index (χ0) is 12.4. The number of hydrogen-bond donors (Lipinski definition) is 1. The summed E-state index contributed by atoms with van der Waals surface area (Å²) in [6, 6.07) is 8.35. The van der Waals surface area contributed by atoms with Gasteiger partial charge in [0.2, 0.25) is 5.13 Å². The molecular formula is C12H13N5S. The van der Waals surface area contributed by atoms with Crippen molar-refractivity contribution in [2.45, 2.75) is 6.42 Å². The lowest BCUT2D eigenvalue weighted by atomic mass is 10.1. The topological polar surface area (TPSA) is 57.7 Å². The summed E-state index contributed by atoms with van der Waals surface area (Å²) < 4.78 is 3.77. The van der Waals surface area contributed by atoms with Crippen molar-refractivity contribution in [1.29, 1.82) is 0 Å². The highest BCUT2D eigenvalue weighted by atomic mass is 32.1. The first-order valence-corrected chi connectivity index (χ1v) is 6.53. The molecule has 0 spiro atoms. The number of aromatic nitrogens is 4. The lowest BCUT2D eigenvalue weighted by molar-refractivity contribution is 0.851. The first-order valence-electron chi connectivity index (χ1n) is 5.76. The van der Waals surface area contributed by atoms with Gasteiger partial charge in [-0.25, -0.2) is 0 Å². The fraction of sp³-hybridized carbons (Fsp3) is 0.250. The Hall–Kier alpha value is -1.95. The van der Waals surface area contributed by atoms with Gasteiger partial charge in [0.15, 0.2) is 0 Å². The van der Waals surface area contributed by atoms with E-state index >= 15 is 0 Å². The Morgan fingerprint density at radius 1 is 1.33 bits per heavy atom. The van der Waals surface area contributed by atoms with Crippen LogP contribution in [0.1, 0.15) is 5.56 Å². The van der Waals surface area contributed by atoms with Crippen LogP contribution < -0.4 is 4.90 Å². The van der Waals surface area contributed by atoms with E-state index in [2.05, 4.69) is 49.1 Å². The molecule has 0 bridgehead atoms. The molecule has 0 atom stereocenters. The SMILES string of the molecule is CN(CCc1c[nH]c2ccccc12)c1nnns1. The lowest BCUT2D eigenvalue weighted by Gasteiger charge is -2.13. The van der Waals surface area contributed by atoms with Crippen LogP contribution in [0.25, 0.3) is 10.9 Å².